The van der Waals surface area contributed by atoms with Crippen LogP contribution in [-0.2, 0) is 4.79 Å². The Morgan fingerprint density at radius 3 is 2.59 bits per heavy atom. The molecule has 0 radical (unpaired) electrons. The Morgan fingerprint density at radius 1 is 1.41 bits per heavy atom. The maximum absolute atomic E-state index is 12.1. The molecule has 0 aromatic carbocycles. The summed E-state index contributed by atoms with van der Waals surface area (Å²) in [6.45, 7) is 5.63. The van der Waals surface area contributed by atoms with Crippen molar-refractivity contribution in [2.24, 2.45) is 11.1 Å². The number of thiocarbonyl (C=S) groups is 1. The van der Waals surface area contributed by atoms with Crippen LogP contribution in [-0.4, -0.2) is 41.0 Å². The number of hydrogen-bond donors (Lipinski definition) is 2. The van der Waals surface area contributed by atoms with E-state index in [0.29, 0.717) is 0 Å². The third-order valence-corrected chi connectivity index (χ3v) is 4.31. The van der Waals surface area contributed by atoms with Crippen LogP contribution < -0.4 is 11.1 Å². The topological polar surface area (TPSA) is 58.4 Å². The first-order valence-corrected chi connectivity index (χ1v) is 6.67. The molecule has 1 atom stereocenters. The van der Waals surface area contributed by atoms with Crippen molar-refractivity contribution >= 4 is 23.1 Å². The minimum atomic E-state index is -0.748. The highest BCUT2D eigenvalue weighted by molar-refractivity contribution is 7.80. The minimum Gasteiger partial charge on any atom is -0.392 e. The van der Waals surface area contributed by atoms with E-state index in [1.54, 1.807) is 13.8 Å². The van der Waals surface area contributed by atoms with E-state index in [1.165, 1.54) is 12.8 Å². The Kier molecular flexibility index (Phi) is 3.41. The average molecular weight is 255 g/mol. The number of nitrogens with zero attached hydrogens (tertiary/aromatic N) is 1. The van der Waals surface area contributed by atoms with Crippen LogP contribution in [0.3, 0.4) is 0 Å². The van der Waals surface area contributed by atoms with E-state index in [9.17, 15) is 4.79 Å². The largest absolute Gasteiger partial charge is 0.392 e. The number of carbonyl (C=O) groups excluding carboxylic acids is 1. The van der Waals surface area contributed by atoms with Crippen LogP contribution in [0.1, 0.15) is 33.1 Å². The molecule has 0 bridgehead atoms. The fourth-order valence-electron chi connectivity index (χ4n) is 2.15. The van der Waals surface area contributed by atoms with Crippen LogP contribution in [0.2, 0.25) is 0 Å². The Labute approximate surface area is 108 Å². The zero-order chi connectivity index (χ0) is 12.6. The number of nitrogens with one attached hydrogen (secondary N) is 1. The standard InChI is InChI=1S/C12H21N3OS/c1-12(2,10(13)17)11(16)14-8-5-6-15(7-8)9-3-4-9/h8-9H,3-7H2,1-2H3,(H2,13,17)(H,14,16). The molecule has 0 spiro atoms. The summed E-state index contributed by atoms with van der Waals surface area (Å²) in [5.74, 6) is -0.0485. The van der Waals surface area contributed by atoms with E-state index in [1.807, 2.05) is 0 Å². The van der Waals surface area contributed by atoms with E-state index in [0.717, 1.165) is 25.6 Å². The predicted octanol–water partition coefficient (Wildman–Crippen LogP) is 0.652. The molecule has 1 aliphatic carbocycles. The molecule has 0 aromatic heterocycles. The van der Waals surface area contributed by atoms with Gasteiger partial charge >= 0.3 is 0 Å². The molecule has 3 N–H and O–H groups in total. The summed E-state index contributed by atoms with van der Waals surface area (Å²) in [4.78, 5) is 14.8. The Morgan fingerprint density at radius 2 is 2.06 bits per heavy atom. The monoisotopic (exact) mass is 255 g/mol. The molecule has 1 amide bonds. The number of hydrogen-bond acceptors (Lipinski definition) is 3. The first-order chi connectivity index (χ1) is 7.91. The Bertz CT molecular complexity index is 339. The van der Waals surface area contributed by atoms with Gasteiger partial charge in [0.25, 0.3) is 0 Å². The molecular weight excluding hydrogens is 234 g/mol. The summed E-state index contributed by atoms with van der Waals surface area (Å²) in [7, 11) is 0. The number of likely N-dealkylation sites (tertiary alicyclic amines) is 1. The van der Waals surface area contributed by atoms with Crippen molar-refractivity contribution in [3.8, 4) is 0 Å². The van der Waals surface area contributed by atoms with Crippen molar-refractivity contribution in [2.75, 3.05) is 13.1 Å². The van der Waals surface area contributed by atoms with Gasteiger partial charge in [-0.1, -0.05) is 12.2 Å². The number of amides is 1. The second kappa shape index (κ2) is 4.53. The molecule has 1 unspecified atom stereocenters. The molecule has 1 saturated carbocycles. The van der Waals surface area contributed by atoms with Gasteiger partial charge in [-0.3, -0.25) is 9.69 Å². The van der Waals surface area contributed by atoms with Crippen LogP contribution in [0.15, 0.2) is 0 Å². The maximum atomic E-state index is 12.1. The molecule has 96 valence electrons. The molecular formula is C12H21N3OS. The van der Waals surface area contributed by atoms with Crippen molar-refractivity contribution < 1.29 is 4.79 Å². The molecule has 1 saturated heterocycles. The molecule has 1 aliphatic heterocycles. The highest BCUT2D eigenvalue weighted by Gasteiger charge is 2.37. The molecule has 1 heterocycles. The molecule has 0 aromatic rings. The SMILES string of the molecule is CC(C)(C(=O)NC1CCN(C2CC2)C1)C(N)=S. The van der Waals surface area contributed by atoms with Crippen molar-refractivity contribution in [1.29, 1.82) is 0 Å². The average Bonchev–Trinajstić information content (AvgIpc) is 3.00. The lowest BCUT2D eigenvalue weighted by Crippen LogP contribution is -2.49. The third kappa shape index (κ3) is 2.77. The molecule has 2 fully saturated rings. The third-order valence-electron chi connectivity index (χ3n) is 3.80. The zero-order valence-corrected chi connectivity index (χ0v) is 11.3. The van der Waals surface area contributed by atoms with Gasteiger partial charge in [-0.25, -0.2) is 0 Å². The van der Waals surface area contributed by atoms with Gasteiger partial charge in [0, 0.05) is 25.2 Å². The van der Waals surface area contributed by atoms with Crippen molar-refractivity contribution in [3.05, 3.63) is 0 Å². The molecule has 5 heteroatoms. The van der Waals surface area contributed by atoms with E-state index < -0.39 is 5.41 Å². The van der Waals surface area contributed by atoms with Gasteiger partial charge in [0.05, 0.1) is 10.4 Å². The highest BCUT2D eigenvalue weighted by Crippen LogP contribution is 2.30. The van der Waals surface area contributed by atoms with E-state index in [2.05, 4.69) is 10.2 Å². The molecule has 4 nitrogen and oxygen atoms in total. The van der Waals surface area contributed by atoms with Crippen LogP contribution in [0, 0.1) is 5.41 Å². The summed E-state index contributed by atoms with van der Waals surface area (Å²) in [6, 6.07) is 1.04. The van der Waals surface area contributed by atoms with Crippen LogP contribution in [0.4, 0.5) is 0 Å². The second-order valence-electron chi connectivity index (χ2n) is 5.67. The van der Waals surface area contributed by atoms with Gasteiger partial charge < -0.3 is 11.1 Å². The predicted molar refractivity (Wildman–Crippen MR) is 71.7 cm³/mol. The van der Waals surface area contributed by atoms with Gasteiger partial charge in [-0.15, -0.1) is 0 Å². The van der Waals surface area contributed by atoms with Crippen molar-refractivity contribution in [3.63, 3.8) is 0 Å². The lowest BCUT2D eigenvalue weighted by molar-refractivity contribution is -0.126. The highest BCUT2D eigenvalue weighted by atomic mass is 32.1. The van der Waals surface area contributed by atoms with Gasteiger partial charge in [0.15, 0.2) is 0 Å². The maximum Gasteiger partial charge on any atom is 0.232 e. The van der Waals surface area contributed by atoms with Crippen LogP contribution >= 0.6 is 12.2 Å². The summed E-state index contributed by atoms with van der Waals surface area (Å²) in [6.07, 6.45) is 3.67. The van der Waals surface area contributed by atoms with Gasteiger partial charge in [0.2, 0.25) is 5.91 Å². The molecule has 2 rings (SSSR count). The van der Waals surface area contributed by atoms with Crippen LogP contribution in [0.5, 0.6) is 0 Å². The number of carbonyl (C=O) groups is 1. The van der Waals surface area contributed by atoms with E-state index in [4.69, 9.17) is 18.0 Å². The van der Waals surface area contributed by atoms with Crippen molar-refractivity contribution in [1.82, 2.24) is 10.2 Å². The van der Waals surface area contributed by atoms with Crippen molar-refractivity contribution in [2.45, 2.75) is 45.2 Å². The quantitative estimate of drug-likeness (QED) is 0.724. The zero-order valence-electron chi connectivity index (χ0n) is 10.5. The van der Waals surface area contributed by atoms with Crippen LogP contribution in [0.25, 0.3) is 0 Å². The number of nitrogens with two attached hydrogens (primary N) is 1. The molecule has 17 heavy (non-hydrogen) atoms. The Balaban J connectivity index is 1.85. The lowest BCUT2D eigenvalue weighted by Gasteiger charge is -2.24. The van der Waals surface area contributed by atoms with Gasteiger partial charge in [-0.05, 0) is 33.1 Å². The molecule has 2 aliphatic rings. The first kappa shape index (κ1) is 12.8. The fourth-order valence-corrected chi connectivity index (χ4v) is 2.25. The Hall–Kier alpha value is -0.680. The summed E-state index contributed by atoms with van der Waals surface area (Å²) >= 11 is 4.93. The van der Waals surface area contributed by atoms with E-state index in [-0.39, 0.29) is 16.9 Å². The lowest BCUT2D eigenvalue weighted by atomic mass is 9.92. The van der Waals surface area contributed by atoms with Gasteiger partial charge in [0.1, 0.15) is 0 Å². The normalized spacial score (nSPS) is 25.9. The first-order valence-electron chi connectivity index (χ1n) is 6.26. The smallest absolute Gasteiger partial charge is 0.232 e. The summed E-state index contributed by atoms with van der Waals surface area (Å²) in [5, 5.41) is 3.07. The summed E-state index contributed by atoms with van der Waals surface area (Å²) in [5.41, 5.74) is 4.84. The minimum absolute atomic E-state index is 0.0485. The second-order valence-corrected chi connectivity index (χ2v) is 6.11. The summed E-state index contributed by atoms with van der Waals surface area (Å²) < 4.78 is 0. The number of rotatable bonds is 4. The van der Waals surface area contributed by atoms with E-state index >= 15 is 0 Å². The van der Waals surface area contributed by atoms with Gasteiger partial charge in [-0.2, -0.15) is 0 Å². The fraction of sp³-hybridized carbons (Fsp3) is 0.833.